The Balaban J connectivity index is 1.05. The van der Waals surface area contributed by atoms with Crippen LogP contribution < -0.4 is 10.6 Å². The number of thioether (sulfide) groups is 2. The zero-order valence-electron chi connectivity index (χ0n) is 66.2. The lowest BCUT2D eigenvalue weighted by Crippen LogP contribution is -2.54. The van der Waals surface area contributed by atoms with Gasteiger partial charge in [0.15, 0.2) is 0 Å². The molecule has 4 aliphatic rings. The molecule has 6 aromatic heterocycles. The molecule has 0 unspecified atom stereocenters. The summed E-state index contributed by atoms with van der Waals surface area (Å²) in [6.07, 6.45) is 40.0. The molecule has 6 N–H and O–H groups in total. The number of aromatic nitrogens is 8. The first kappa shape index (κ1) is 80.6. The van der Waals surface area contributed by atoms with Crippen molar-refractivity contribution in [1.29, 1.82) is 0 Å². The fraction of sp³-hybridized carbons (Fsp3) is 0.517. The number of unbranched alkanes of at least 4 members (excludes halogenated alkanes) is 8. The molecule has 17 heteroatoms. The maximum Gasteiger partial charge on any atom is 0.408 e. The second kappa shape index (κ2) is 38.3. The molecule has 568 valence electrons. The van der Waals surface area contributed by atoms with Gasteiger partial charge in [-0.05, 0) is 252 Å². The Labute approximate surface area is 639 Å². The molecule has 10 heterocycles. The molecule has 2 amide bonds. The van der Waals surface area contributed by atoms with Crippen LogP contribution in [0.3, 0.4) is 0 Å². The highest BCUT2D eigenvalue weighted by molar-refractivity contribution is 7.98. The van der Waals surface area contributed by atoms with Gasteiger partial charge in [0.25, 0.3) is 0 Å². The Bertz CT molecular complexity index is 4560. The van der Waals surface area contributed by atoms with Crippen LogP contribution in [-0.4, -0.2) is 92.6 Å². The van der Waals surface area contributed by atoms with Crippen LogP contribution in [0.4, 0.5) is 4.79 Å². The van der Waals surface area contributed by atoms with Gasteiger partial charge in [0.05, 0.1) is 45.6 Å². The van der Waals surface area contributed by atoms with Crippen molar-refractivity contribution < 1.29 is 23.9 Å². The van der Waals surface area contributed by atoms with E-state index in [0.717, 1.165) is 277 Å². The van der Waals surface area contributed by atoms with E-state index in [1.54, 1.807) is 23.5 Å². The fourth-order valence-electron chi connectivity index (χ4n) is 14.4. The average Bonchev–Trinajstić information content (AvgIpc) is 1.63. The van der Waals surface area contributed by atoms with Gasteiger partial charge in [-0.25, -0.2) is 29.5 Å². The highest BCUT2D eigenvalue weighted by Gasteiger charge is 2.32. The summed E-state index contributed by atoms with van der Waals surface area (Å²) in [5.74, 6) is 0.276. The summed E-state index contributed by atoms with van der Waals surface area (Å²) in [6.45, 7) is 28.9. The molecule has 106 heavy (non-hydrogen) atoms. The molecule has 2 atom stereocenters. The predicted molar refractivity (Wildman–Crippen MR) is 450 cm³/mol. The number of aromatic amines is 4. The summed E-state index contributed by atoms with van der Waals surface area (Å²) < 4.78 is 12.1. The number of aryl methyl sites for hydroxylation is 6. The molecule has 0 saturated carbocycles. The Morgan fingerprint density at radius 3 is 1.00 bits per heavy atom. The van der Waals surface area contributed by atoms with Gasteiger partial charge in [-0.2, -0.15) is 23.5 Å². The van der Waals surface area contributed by atoms with Crippen LogP contribution in [0.2, 0.25) is 0 Å². The van der Waals surface area contributed by atoms with Crippen molar-refractivity contribution in [3.8, 4) is 0 Å². The number of rotatable bonds is 36. The first-order valence-electron chi connectivity index (χ1n) is 40.2. The van der Waals surface area contributed by atoms with E-state index in [1.807, 2.05) is 41.5 Å². The lowest BCUT2D eigenvalue weighted by molar-refractivity contribution is -0.158. The Hall–Kier alpha value is -7.89. The van der Waals surface area contributed by atoms with Crippen molar-refractivity contribution >= 4 is 134 Å². The molecule has 0 radical (unpaired) electrons. The van der Waals surface area contributed by atoms with Gasteiger partial charge in [0.1, 0.15) is 23.3 Å². The number of ether oxygens (including phenoxy) is 2. The van der Waals surface area contributed by atoms with Crippen molar-refractivity contribution in [3.63, 3.8) is 0 Å². The second-order valence-corrected chi connectivity index (χ2v) is 33.1. The third-order valence-electron chi connectivity index (χ3n) is 20.1. The maximum atomic E-state index is 15.4. The number of nitrogens with zero attached hydrogens (tertiary/aromatic N) is 4. The van der Waals surface area contributed by atoms with Crippen LogP contribution in [0.5, 0.6) is 0 Å². The van der Waals surface area contributed by atoms with Crippen molar-refractivity contribution in [2.75, 3.05) is 11.5 Å². The number of hydrogen-bond acceptors (Lipinski definition) is 11. The molecular weight excluding hydrogens is 1350 g/mol. The SMILES string of the molecule is CCCCc1c2nc(c(CCCC)c3ccc([nH]3)c(CCCC)c3cc(CSC[C@H](NC(=O)OC(C)(C)C)C(=O)N[C@@H](CSCc4cc5[nH]c4c(CCCC)c4nc(c(CCCC)c6nc(c(CCCC)c7ccc([nH]7)c5CCCC)C=C6)C=C4)C(=O)OC(C)(C)C)c([nH]3)c(CCCC)c3nc1C=C3)C=C2. The molecule has 0 aliphatic carbocycles. The van der Waals surface area contributed by atoms with Crippen molar-refractivity contribution in [3.05, 3.63) is 138 Å². The predicted octanol–water partition coefficient (Wildman–Crippen LogP) is 22.3. The van der Waals surface area contributed by atoms with Crippen LogP contribution in [0.25, 0.3) is 92.7 Å². The number of esters is 1. The number of carbonyl (C=O) groups excluding carboxylic acids is 3. The molecule has 15 nitrogen and oxygen atoms in total. The van der Waals surface area contributed by atoms with Crippen LogP contribution in [0.15, 0.2) is 36.4 Å². The van der Waals surface area contributed by atoms with E-state index < -0.39 is 41.3 Å². The van der Waals surface area contributed by atoms with Crippen LogP contribution >= 0.6 is 23.5 Å². The standard InChI is InChI=1S/C89H120N10O5S2/c1-15-23-31-59-67-39-41-69(90-67)61(33-25-17-3)73-47-49-77(94-73)65(37-29-21-7)83-57(51-79(96-83)63(35-27-19-5)75-45-43-71(59)92-75)53-105-55-81(99-87(102)104-89(12,13)14)85(100)98-82(86(101)103-88(9,10)11)56-106-54-58-52-80-64(36-28-20-6)76-46-44-72(93-76)60(32-24-16-2)68-40-42-70(91-68)62(34-26-18-4)74-48-50-78(95-74)66(38-30-22-8)84(58)97-80/h39-52,81-82,92-93,96-97H,15-38,53-56H2,1-14H3,(H,98,100)(H,99,102)/t81-,82-/m0/s1. The molecule has 6 aromatic rings. The van der Waals surface area contributed by atoms with Gasteiger partial charge in [0.2, 0.25) is 5.91 Å². The number of alkyl carbamates (subject to hydrolysis) is 1. The van der Waals surface area contributed by atoms with E-state index in [-0.39, 0.29) is 11.5 Å². The van der Waals surface area contributed by atoms with Gasteiger partial charge in [-0.3, -0.25) is 4.79 Å². The van der Waals surface area contributed by atoms with Gasteiger partial charge in [-0.1, -0.05) is 107 Å². The molecule has 0 fully saturated rings. The van der Waals surface area contributed by atoms with E-state index in [4.69, 9.17) is 29.4 Å². The van der Waals surface area contributed by atoms with Gasteiger partial charge in [0, 0.05) is 101 Å². The van der Waals surface area contributed by atoms with Crippen molar-refractivity contribution in [2.45, 2.75) is 286 Å². The third-order valence-corrected chi connectivity index (χ3v) is 22.3. The van der Waals surface area contributed by atoms with Crippen molar-refractivity contribution in [1.82, 2.24) is 50.5 Å². The summed E-state index contributed by atoms with van der Waals surface area (Å²) in [5.41, 5.74) is 26.1. The zero-order chi connectivity index (χ0) is 75.5. The lowest BCUT2D eigenvalue weighted by Gasteiger charge is -2.27. The zero-order valence-corrected chi connectivity index (χ0v) is 67.8. The van der Waals surface area contributed by atoms with Crippen LogP contribution in [0.1, 0.15) is 301 Å². The van der Waals surface area contributed by atoms with E-state index in [9.17, 15) is 9.59 Å². The molecule has 0 spiro atoms. The Morgan fingerprint density at radius 2 is 0.660 bits per heavy atom. The summed E-state index contributed by atoms with van der Waals surface area (Å²) in [4.78, 5) is 82.2. The number of nitrogens with one attached hydrogen (secondary N) is 6. The Morgan fingerprint density at radius 1 is 0.368 bits per heavy atom. The number of fused-ring (bicyclic) bond motifs is 16. The minimum atomic E-state index is -1.11. The van der Waals surface area contributed by atoms with E-state index in [2.05, 4.69) is 171 Å². The molecule has 0 aromatic carbocycles. The van der Waals surface area contributed by atoms with E-state index in [1.165, 1.54) is 22.3 Å². The third kappa shape index (κ3) is 20.9. The summed E-state index contributed by atoms with van der Waals surface area (Å²) in [5, 5.41) is 6.13. The van der Waals surface area contributed by atoms with E-state index in [0.29, 0.717) is 11.5 Å². The molecule has 16 bridgehead atoms. The molecule has 0 saturated heterocycles. The fourth-order valence-corrected chi connectivity index (χ4v) is 16.4. The highest BCUT2D eigenvalue weighted by Crippen LogP contribution is 2.36. The monoisotopic (exact) mass is 1470 g/mol. The number of hydrogen-bond donors (Lipinski definition) is 6. The van der Waals surface area contributed by atoms with Gasteiger partial charge >= 0.3 is 12.1 Å². The topological polar surface area (TPSA) is 208 Å². The normalized spacial score (nSPS) is 13.3. The minimum absolute atomic E-state index is 0.165. The first-order valence-corrected chi connectivity index (χ1v) is 42.5. The maximum absolute atomic E-state index is 15.4. The molecule has 10 rings (SSSR count). The first-order chi connectivity index (χ1) is 51.2. The quantitative estimate of drug-likeness (QED) is 0.0204. The summed E-state index contributed by atoms with van der Waals surface area (Å²) >= 11 is 3.13. The van der Waals surface area contributed by atoms with Crippen LogP contribution in [0, 0.1) is 0 Å². The van der Waals surface area contributed by atoms with Gasteiger partial charge < -0.3 is 40.0 Å². The van der Waals surface area contributed by atoms with Crippen molar-refractivity contribution in [2.24, 2.45) is 0 Å². The smallest absolute Gasteiger partial charge is 0.408 e. The summed E-state index contributed by atoms with van der Waals surface area (Å²) in [6, 6.07) is 11.4. The van der Waals surface area contributed by atoms with E-state index >= 15 is 4.79 Å². The minimum Gasteiger partial charge on any atom is -0.458 e. The average molecular weight is 1470 g/mol. The molecular formula is C89H120N10O5S2. The summed E-state index contributed by atoms with van der Waals surface area (Å²) in [7, 11) is 0. The Kier molecular flexibility index (Phi) is 29.1. The largest absolute Gasteiger partial charge is 0.458 e. The van der Waals surface area contributed by atoms with Gasteiger partial charge in [-0.15, -0.1) is 0 Å². The number of H-pyrrole nitrogens is 4. The number of carbonyl (C=O) groups is 3. The number of amides is 2. The van der Waals surface area contributed by atoms with Crippen LogP contribution in [-0.2, 0) is 81.9 Å². The highest BCUT2D eigenvalue weighted by atomic mass is 32.2. The second-order valence-electron chi connectivity index (χ2n) is 31.1. The molecule has 4 aliphatic heterocycles. The lowest BCUT2D eigenvalue weighted by atomic mass is 10.0.